The van der Waals surface area contributed by atoms with Gasteiger partial charge < -0.3 is 4.98 Å². The van der Waals surface area contributed by atoms with Gasteiger partial charge in [-0.1, -0.05) is 36.4 Å². The number of thiazole rings is 1. The molecule has 2 aromatic carbocycles. The molecule has 142 valence electrons. The van der Waals surface area contributed by atoms with Gasteiger partial charge >= 0.3 is 0 Å². The van der Waals surface area contributed by atoms with Crippen molar-refractivity contribution in [1.82, 2.24) is 25.0 Å². The number of nitrogens with zero attached hydrogens (tertiary/aromatic N) is 4. The standard InChI is InChI=1S/C21H16N6OS/c1-13-19(26-27(25-13)14-7-3-2-4-8-14)20(28)24-21-23-18(12-29-21)16-11-22-17-10-6-5-9-15(16)17/h2-12,22H,1H3,(H,23,24,28). The monoisotopic (exact) mass is 400 g/mol. The number of nitrogens with one attached hydrogen (secondary N) is 2. The lowest BCUT2D eigenvalue weighted by Crippen LogP contribution is -2.14. The minimum Gasteiger partial charge on any atom is -0.360 e. The molecule has 0 atom stereocenters. The smallest absolute Gasteiger partial charge is 0.279 e. The third-order valence-corrected chi connectivity index (χ3v) is 5.33. The van der Waals surface area contributed by atoms with E-state index >= 15 is 0 Å². The lowest BCUT2D eigenvalue weighted by Gasteiger charge is -1.99. The van der Waals surface area contributed by atoms with Crippen LogP contribution in [0.3, 0.4) is 0 Å². The molecule has 5 rings (SSSR count). The van der Waals surface area contributed by atoms with Crippen LogP contribution >= 0.6 is 11.3 Å². The van der Waals surface area contributed by atoms with Crippen LogP contribution in [0.2, 0.25) is 0 Å². The van der Waals surface area contributed by atoms with Crippen molar-refractivity contribution in [2.75, 3.05) is 5.32 Å². The van der Waals surface area contributed by atoms with Crippen LogP contribution in [0.25, 0.3) is 27.8 Å². The van der Waals surface area contributed by atoms with Crippen LogP contribution in [0, 0.1) is 6.92 Å². The summed E-state index contributed by atoms with van der Waals surface area (Å²) in [6.45, 7) is 1.76. The molecule has 0 bridgehead atoms. The van der Waals surface area contributed by atoms with Gasteiger partial charge in [-0.2, -0.15) is 9.90 Å². The van der Waals surface area contributed by atoms with Crippen molar-refractivity contribution < 1.29 is 4.79 Å². The second-order valence-corrected chi connectivity index (χ2v) is 7.36. The first-order valence-corrected chi connectivity index (χ1v) is 9.90. The normalized spacial score (nSPS) is 11.1. The molecule has 0 aliphatic rings. The SMILES string of the molecule is Cc1nn(-c2ccccc2)nc1C(=O)Nc1nc(-c2c[nH]c3ccccc23)cs1. The van der Waals surface area contributed by atoms with E-state index in [1.54, 1.807) is 6.92 Å². The Kier molecular flexibility index (Phi) is 4.18. The molecular weight excluding hydrogens is 384 g/mol. The van der Waals surface area contributed by atoms with E-state index in [4.69, 9.17) is 0 Å². The summed E-state index contributed by atoms with van der Waals surface area (Å²) < 4.78 is 0. The van der Waals surface area contributed by atoms with Crippen molar-refractivity contribution in [3.63, 3.8) is 0 Å². The second-order valence-electron chi connectivity index (χ2n) is 6.50. The number of anilines is 1. The number of fused-ring (bicyclic) bond motifs is 1. The fourth-order valence-corrected chi connectivity index (χ4v) is 3.87. The molecule has 7 nitrogen and oxygen atoms in total. The number of carbonyl (C=O) groups excluding carboxylic acids is 1. The van der Waals surface area contributed by atoms with Crippen molar-refractivity contribution in [1.29, 1.82) is 0 Å². The second kappa shape index (κ2) is 6.99. The number of para-hydroxylation sites is 2. The van der Waals surface area contributed by atoms with Gasteiger partial charge in [-0.05, 0) is 25.1 Å². The Balaban J connectivity index is 1.39. The molecule has 5 aromatic rings. The Hall–Kier alpha value is -3.78. The quantitative estimate of drug-likeness (QED) is 0.467. The highest BCUT2D eigenvalue weighted by atomic mass is 32.1. The molecule has 0 aliphatic heterocycles. The molecule has 0 saturated heterocycles. The zero-order valence-corrected chi connectivity index (χ0v) is 16.3. The number of hydrogen-bond donors (Lipinski definition) is 2. The van der Waals surface area contributed by atoms with Crippen LogP contribution in [-0.4, -0.2) is 30.9 Å². The molecule has 0 fully saturated rings. The first-order chi connectivity index (χ1) is 14.2. The van der Waals surface area contributed by atoms with E-state index < -0.39 is 0 Å². The van der Waals surface area contributed by atoms with Crippen LogP contribution in [0.5, 0.6) is 0 Å². The Morgan fingerprint density at radius 2 is 1.86 bits per heavy atom. The highest BCUT2D eigenvalue weighted by Gasteiger charge is 2.18. The molecule has 29 heavy (non-hydrogen) atoms. The average molecular weight is 400 g/mol. The van der Waals surface area contributed by atoms with Gasteiger partial charge in [0.15, 0.2) is 10.8 Å². The van der Waals surface area contributed by atoms with Crippen molar-refractivity contribution in [3.05, 3.63) is 77.6 Å². The largest absolute Gasteiger partial charge is 0.360 e. The molecule has 3 aromatic heterocycles. The van der Waals surface area contributed by atoms with Crippen LogP contribution in [-0.2, 0) is 0 Å². The maximum Gasteiger partial charge on any atom is 0.279 e. The van der Waals surface area contributed by atoms with E-state index in [1.807, 2.05) is 66.2 Å². The van der Waals surface area contributed by atoms with Crippen LogP contribution in [0.4, 0.5) is 5.13 Å². The molecule has 8 heteroatoms. The van der Waals surface area contributed by atoms with E-state index in [9.17, 15) is 4.79 Å². The van der Waals surface area contributed by atoms with E-state index in [-0.39, 0.29) is 11.6 Å². The van der Waals surface area contributed by atoms with Gasteiger partial charge in [-0.25, -0.2) is 4.98 Å². The third kappa shape index (κ3) is 3.19. The molecule has 0 saturated carbocycles. The fourth-order valence-electron chi connectivity index (χ4n) is 3.16. The molecular formula is C21H16N6OS. The number of aromatic nitrogens is 5. The average Bonchev–Trinajstić information content (AvgIpc) is 3.46. The van der Waals surface area contributed by atoms with Gasteiger partial charge in [0.05, 0.1) is 17.1 Å². The number of carbonyl (C=O) groups is 1. The number of benzene rings is 2. The van der Waals surface area contributed by atoms with Gasteiger partial charge in [0.2, 0.25) is 0 Å². The zero-order chi connectivity index (χ0) is 19.8. The molecule has 0 spiro atoms. The van der Waals surface area contributed by atoms with Gasteiger partial charge in [0.25, 0.3) is 5.91 Å². The van der Waals surface area contributed by atoms with Gasteiger partial charge in [0.1, 0.15) is 0 Å². The number of amides is 1. The lowest BCUT2D eigenvalue weighted by atomic mass is 10.1. The van der Waals surface area contributed by atoms with Crippen molar-refractivity contribution in [3.8, 4) is 16.9 Å². The van der Waals surface area contributed by atoms with Gasteiger partial charge in [-0.15, -0.1) is 16.4 Å². The summed E-state index contributed by atoms with van der Waals surface area (Å²) in [6.07, 6.45) is 1.93. The summed E-state index contributed by atoms with van der Waals surface area (Å²) in [6, 6.07) is 17.5. The molecule has 0 radical (unpaired) electrons. The predicted molar refractivity (Wildman–Crippen MR) is 113 cm³/mol. The maximum atomic E-state index is 12.7. The van der Waals surface area contributed by atoms with Gasteiger partial charge in [-0.3, -0.25) is 10.1 Å². The maximum absolute atomic E-state index is 12.7. The van der Waals surface area contributed by atoms with Crippen LogP contribution in [0.1, 0.15) is 16.2 Å². The van der Waals surface area contributed by atoms with Crippen LogP contribution in [0.15, 0.2) is 66.2 Å². The molecule has 2 N–H and O–H groups in total. The highest BCUT2D eigenvalue weighted by Crippen LogP contribution is 2.31. The van der Waals surface area contributed by atoms with Crippen LogP contribution < -0.4 is 5.32 Å². The number of rotatable bonds is 4. The Labute approximate surface area is 170 Å². The van der Waals surface area contributed by atoms with Crippen molar-refractivity contribution in [2.24, 2.45) is 0 Å². The number of hydrogen-bond acceptors (Lipinski definition) is 5. The summed E-state index contributed by atoms with van der Waals surface area (Å²) in [5, 5.41) is 15.1. The van der Waals surface area contributed by atoms with E-state index in [0.29, 0.717) is 10.8 Å². The Bertz CT molecular complexity index is 1320. The van der Waals surface area contributed by atoms with E-state index in [2.05, 4.69) is 25.5 Å². The summed E-state index contributed by atoms with van der Waals surface area (Å²) in [4.78, 5) is 22.0. The minimum absolute atomic E-state index is 0.276. The van der Waals surface area contributed by atoms with E-state index in [1.165, 1.54) is 16.1 Å². The van der Waals surface area contributed by atoms with Crippen molar-refractivity contribution >= 4 is 33.3 Å². The third-order valence-electron chi connectivity index (χ3n) is 4.57. The topological polar surface area (TPSA) is 88.5 Å². The first-order valence-electron chi connectivity index (χ1n) is 9.02. The minimum atomic E-state index is -0.329. The highest BCUT2D eigenvalue weighted by molar-refractivity contribution is 7.14. The first kappa shape index (κ1) is 17.3. The predicted octanol–water partition coefficient (Wildman–Crippen LogP) is 4.43. The molecule has 0 aliphatic carbocycles. The Morgan fingerprint density at radius 1 is 1.07 bits per heavy atom. The lowest BCUT2D eigenvalue weighted by molar-refractivity contribution is 0.102. The summed E-state index contributed by atoms with van der Waals surface area (Å²) in [7, 11) is 0. The molecule has 1 amide bonds. The summed E-state index contributed by atoms with van der Waals surface area (Å²) in [5.41, 5.74) is 4.49. The Morgan fingerprint density at radius 3 is 2.72 bits per heavy atom. The molecule has 3 heterocycles. The fraction of sp³-hybridized carbons (Fsp3) is 0.0476. The zero-order valence-electron chi connectivity index (χ0n) is 15.5. The number of H-pyrrole nitrogens is 1. The summed E-state index contributed by atoms with van der Waals surface area (Å²) in [5.74, 6) is -0.329. The molecule has 0 unspecified atom stereocenters. The van der Waals surface area contributed by atoms with Crippen molar-refractivity contribution in [2.45, 2.75) is 6.92 Å². The van der Waals surface area contributed by atoms with Gasteiger partial charge in [0, 0.05) is 28.0 Å². The van der Waals surface area contributed by atoms with E-state index in [0.717, 1.165) is 27.8 Å². The number of aryl methyl sites for hydroxylation is 1. The summed E-state index contributed by atoms with van der Waals surface area (Å²) >= 11 is 1.38. The number of aromatic amines is 1.